The van der Waals surface area contributed by atoms with E-state index in [1.807, 2.05) is 6.08 Å². The number of carbonyl (C=O) groups is 1. The molecule has 0 aliphatic rings. The maximum atomic E-state index is 12.3. The Labute approximate surface area is 234 Å². The lowest BCUT2D eigenvalue weighted by atomic mass is 10.1. The molecule has 224 valence electrons. The maximum absolute atomic E-state index is 12.3. The van der Waals surface area contributed by atoms with Gasteiger partial charge in [-0.1, -0.05) is 128 Å². The number of unbranched alkanes of at least 4 members (excludes halogenated alkanes) is 17. The number of hydrogen-bond acceptors (Lipinski definition) is 4. The van der Waals surface area contributed by atoms with Crippen LogP contribution in [0.2, 0.25) is 0 Å². The van der Waals surface area contributed by atoms with E-state index in [1.165, 1.54) is 64.2 Å². The van der Waals surface area contributed by atoms with Crippen molar-refractivity contribution < 1.29 is 22.9 Å². The molecule has 1 amide bonds. The summed E-state index contributed by atoms with van der Waals surface area (Å²) in [4.78, 5) is 12.3. The predicted octanol–water partition coefficient (Wildman–Crippen LogP) is 8.06. The van der Waals surface area contributed by atoms with Gasteiger partial charge in [-0.05, 0) is 38.5 Å². The third-order valence-electron chi connectivity index (χ3n) is 6.87. The van der Waals surface area contributed by atoms with E-state index in [2.05, 4.69) is 31.3 Å². The number of aliphatic hydroxyl groups excluding tert-OH is 1. The van der Waals surface area contributed by atoms with Crippen LogP contribution in [0.25, 0.3) is 0 Å². The number of nitrogens with one attached hydrogen (secondary N) is 1. The van der Waals surface area contributed by atoms with Crippen molar-refractivity contribution in [1.82, 2.24) is 5.32 Å². The predicted molar refractivity (Wildman–Crippen MR) is 161 cm³/mol. The Balaban J connectivity index is 4.12. The van der Waals surface area contributed by atoms with Gasteiger partial charge in [0.25, 0.3) is 10.1 Å². The van der Waals surface area contributed by atoms with Crippen LogP contribution in [0.4, 0.5) is 0 Å². The zero-order chi connectivity index (χ0) is 28.3. The Kier molecular flexibility index (Phi) is 25.3. The molecule has 2 atom stereocenters. The van der Waals surface area contributed by atoms with E-state index in [4.69, 9.17) is 0 Å². The van der Waals surface area contributed by atoms with Gasteiger partial charge in [-0.2, -0.15) is 8.42 Å². The molecule has 0 aliphatic carbocycles. The second-order valence-electron chi connectivity index (χ2n) is 10.7. The molecule has 0 radical (unpaired) electrons. The van der Waals surface area contributed by atoms with E-state index in [9.17, 15) is 22.9 Å². The molecule has 0 rings (SSSR count). The molecular formula is C31H59NO5S. The van der Waals surface area contributed by atoms with E-state index >= 15 is 0 Å². The molecule has 0 heterocycles. The Morgan fingerprint density at radius 2 is 1.13 bits per heavy atom. The van der Waals surface area contributed by atoms with Crippen LogP contribution in [-0.2, 0) is 14.9 Å². The highest BCUT2D eigenvalue weighted by Gasteiger charge is 2.24. The maximum Gasteiger partial charge on any atom is 0.267 e. The average molecular weight is 558 g/mol. The lowest BCUT2D eigenvalue weighted by molar-refractivity contribution is -0.122. The smallest absolute Gasteiger partial charge is 0.267 e. The molecule has 0 aromatic heterocycles. The number of amides is 1. The molecule has 7 heteroatoms. The summed E-state index contributed by atoms with van der Waals surface area (Å²) in [5, 5.41) is 13.1. The van der Waals surface area contributed by atoms with Crippen molar-refractivity contribution in [3.63, 3.8) is 0 Å². The van der Waals surface area contributed by atoms with Gasteiger partial charge in [0.2, 0.25) is 5.91 Å². The molecule has 0 spiro atoms. The molecule has 2 unspecified atom stereocenters. The molecule has 0 aliphatic heterocycles. The van der Waals surface area contributed by atoms with Crippen molar-refractivity contribution in [2.45, 2.75) is 161 Å². The number of hydrogen-bond donors (Lipinski definition) is 3. The second kappa shape index (κ2) is 26.1. The summed E-state index contributed by atoms with van der Waals surface area (Å²) >= 11 is 0. The summed E-state index contributed by atoms with van der Waals surface area (Å²) in [5.41, 5.74) is 0. The standard InChI is InChI=1S/C31H59NO5S/c1-3-5-7-9-11-13-15-17-18-20-22-24-26-30(33)29(28-38(35,36)37)32-31(34)27-25-23-21-19-16-14-12-10-8-6-4-2/h10,12,24,26,29-30,33H,3-9,11,13-23,25,27-28H2,1-2H3,(H,32,34)(H,35,36,37)/b12-10-,26-24+. The highest BCUT2D eigenvalue weighted by atomic mass is 32.2. The van der Waals surface area contributed by atoms with Gasteiger partial charge in [0.15, 0.2) is 0 Å². The van der Waals surface area contributed by atoms with Crippen LogP contribution in [0.1, 0.15) is 149 Å². The average Bonchev–Trinajstić information content (AvgIpc) is 2.86. The van der Waals surface area contributed by atoms with E-state index < -0.39 is 28.0 Å². The van der Waals surface area contributed by atoms with Gasteiger partial charge in [-0.15, -0.1) is 0 Å². The monoisotopic (exact) mass is 557 g/mol. The minimum Gasteiger partial charge on any atom is -0.387 e. The largest absolute Gasteiger partial charge is 0.387 e. The third kappa shape index (κ3) is 26.4. The summed E-state index contributed by atoms with van der Waals surface area (Å²) in [7, 11) is -4.33. The van der Waals surface area contributed by atoms with Gasteiger partial charge in [0, 0.05) is 6.42 Å². The number of carbonyl (C=O) groups excluding carboxylic acids is 1. The molecule has 0 bridgehead atoms. The van der Waals surface area contributed by atoms with Crippen LogP contribution in [0.5, 0.6) is 0 Å². The summed E-state index contributed by atoms with van der Waals surface area (Å²) in [6, 6.07) is -1.05. The van der Waals surface area contributed by atoms with E-state index in [0.29, 0.717) is 0 Å². The van der Waals surface area contributed by atoms with Crippen molar-refractivity contribution in [3.05, 3.63) is 24.3 Å². The number of rotatable bonds is 27. The van der Waals surface area contributed by atoms with Gasteiger partial charge >= 0.3 is 0 Å². The topological polar surface area (TPSA) is 104 Å². The first-order valence-corrected chi connectivity index (χ1v) is 17.1. The van der Waals surface area contributed by atoms with Crippen molar-refractivity contribution in [3.8, 4) is 0 Å². The summed E-state index contributed by atoms with van der Waals surface area (Å²) < 4.78 is 32.1. The molecule has 0 aromatic rings. The number of allylic oxidation sites excluding steroid dienone is 3. The molecule has 38 heavy (non-hydrogen) atoms. The molecule has 0 aromatic carbocycles. The summed E-state index contributed by atoms with van der Waals surface area (Å²) in [5.74, 6) is -0.992. The Bertz CT molecular complexity index is 705. The van der Waals surface area contributed by atoms with Gasteiger partial charge in [-0.3, -0.25) is 9.35 Å². The van der Waals surface area contributed by atoms with E-state index in [-0.39, 0.29) is 12.3 Å². The molecule has 0 saturated carbocycles. The first-order valence-electron chi connectivity index (χ1n) is 15.5. The zero-order valence-corrected chi connectivity index (χ0v) is 25.4. The molecule has 6 nitrogen and oxygen atoms in total. The minimum atomic E-state index is -4.33. The molecule has 3 N–H and O–H groups in total. The minimum absolute atomic E-state index is 0.286. The summed E-state index contributed by atoms with van der Waals surface area (Å²) in [6.07, 6.45) is 30.1. The van der Waals surface area contributed by atoms with Crippen molar-refractivity contribution in [2.75, 3.05) is 5.75 Å². The normalized spacial score (nSPS) is 13.9. The lowest BCUT2D eigenvalue weighted by Crippen LogP contribution is -2.46. The van der Waals surface area contributed by atoms with Gasteiger partial charge in [0.05, 0.1) is 17.9 Å². The highest BCUT2D eigenvalue weighted by Crippen LogP contribution is 2.12. The van der Waals surface area contributed by atoms with Crippen LogP contribution < -0.4 is 5.32 Å². The first kappa shape index (κ1) is 36.8. The van der Waals surface area contributed by atoms with E-state index in [1.54, 1.807) is 6.08 Å². The lowest BCUT2D eigenvalue weighted by Gasteiger charge is -2.21. The van der Waals surface area contributed by atoms with Gasteiger partial charge in [-0.25, -0.2) is 0 Å². The molecule has 0 saturated heterocycles. The zero-order valence-electron chi connectivity index (χ0n) is 24.5. The highest BCUT2D eigenvalue weighted by molar-refractivity contribution is 7.85. The number of aliphatic hydroxyl groups is 1. The van der Waals surface area contributed by atoms with Crippen LogP contribution in [0.15, 0.2) is 24.3 Å². The van der Waals surface area contributed by atoms with Gasteiger partial charge < -0.3 is 10.4 Å². The van der Waals surface area contributed by atoms with Crippen molar-refractivity contribution >= 4 is 16.0 Å². The van der Waals surface area contributed by atoms with Crippen LogP contribution in [0, 0.1) is 0 Å². The Hall–Kier alpha value is -1.18. The quantitative estimate of drug-likeness (QED) is 0.0538. The second-order valence-corrected chi connectivity index (χ2v) is 12.2. The fraction of sp³-hybridized carbons (Fsp3) is 0.839. The summed E-state index contributed by atoms with van der Waals surface area (Å²) in [6.45, 7) is 4.43. The third-order valence-corrected chi connectivity index (χ3v) is 7.65. The fourth-order valence-corrected chi connectivity index (χ4v) is 5.22. The van der Waals surface area contributed by atoms with Crippen LogP contribution in [-0.4, -0.2) is 41.9 Å². The van der Waals surface area contributed by atoms with Crippen LogP contribution >= 0.6 is 0 Å². The SMILES string of the molecule is CCCC/C=C\CCCCCCCC(=O)NC(CS(=O)(=O)O)C(O)/C=C/CCCCCCCCCCCC. The van der Waals surface area contributed by atoms with Crippen molar-refractivity contribution in [2.24, 2.45) is 0 Å². The molecule has 0 fully saturated rings. The fourth-order valence-electron chi connectivity index (χ4n) is 4.49. The van der Waals surface area contributed by atoms with E-state index in [0.717, 1.165) is 64.2 Å². The Morgan fingerprint density at radius 3 is 1.66 bits per heavy atom. The van der Waals surface area contributed by atoms with Crippen molar-refractivity contribution in [1.29, 1.82) is 0 Å². The molecular weight excluding hydrogens is 498 g/mol. The Morgan fingerprint density at radius 1 is 0.684 bits per heavy atom. The van der Waals surface area contributed by atoms with Crippen LogP contribution in [0.3, 0.4) is 0 Å². The first-order chi connectivity index (χ1) is 18.3. The van der Waals surface area contributed by atoms with Gasteiger partial charge in [0.1, 0.15) is 0 Å².